The third kappa shape index (κ3) is 23.7. The molecule has 4 fully saturated rings. The summed E-state index contributed by atoms with van der Waals surface area (Å²) in [6, 6.07) is 22.1. The molecule has 4 aliphatic carbocycles. The van der Waals surface area contributed by atoms with E-state index >= 15 is 0 Å². The van der Waals surface area contributed by atoms with Gasteiger partial charge in [-0.05, 0) is 178 Å². The number of carbonyl (C=O) groups is 11. The molecule has 5 atom stereocenters. The fourth-order valence-electron chi connectivity index (χ4n) is 18.3. The number of carboxylic acids is 2. The highest BCUT2D eigenvalue weighted by atomic mass is 32.1. The Bertz CT molecular complexity index is 4640. The molecular formula is C85H109F3N13O15S+. The number of nitrogens with two attached hydrogens (primary N) is 1. The number of benzene rings is 3. The number of ketones is 1. The molecule has 6 aliphatic rings. The number of nitrogens with zero attached hydrogens (tertiary/aromatic N) is 8. The first kappa shape index (κ1) is 88.9. The van der Waals surface area contributed by atoms with Crippen molar-refractivity contribution in [1.82, 2.24) is 40.2 Å². The standard InChI is InChI=1S/C83H107N13O13S.C2HF3O2/c1-53(2)62(42-59(97)21-11-10-15-36-94-69(98)32-33-70(94)99)74(102)88-66(24-18-35-85-78(84)107)75(103)87-58-28-26-55(27-29-58)45-108-71(100)41-57(19-14-16-39-96(7,8)9)76(104)92(6)38-40-109-83-49-80(4)46-81(5,50-83)48-82(47-80,51-83)52-95-54(3)63(43-86-95)60-30-31-68(90-72(60)77(105)106)93-37-34-56-20-17-22-61(64(56)44-93)73(101)91-79-89-65-23-12-13-25-67(65)110-79;3-2(4,5)1(6)7/h12-13,17,20,22-23,25-33,43,53,57,62,66H,10-11,14-16,18-19,21,24,34-42,44-52H2,1-9H3,(H6-,84,85,87,88,89,91,101,102,103,105,106,107);(H,6,7)/p+1/t57-,62+,66+,80?,81?,82?,83?;/m1./s1. The Kier molecular flexibility index (Phi) is 28.8. The molecule has 3 aromatic carbocycles. The first-order valence-electron chi connectivity index (χ1n) is 39.9. The van der Waals surface area contributed by atoms with E-state index in [0.717, 1.165) is 94.3 Å². The van der Waals surface area contributed by atoms with Crippen LogP contribution >= 0.6 is 11.3 Å². The first-order chi connectivity index (χ1) is 55.2. The molecule has 630 valence electrons. The van der Waals surface area contributed by atoms with E-state index < -0.39 is 65.4 Å². The van der Waals surface area contributed by atoms with Crippen LogP contribution in [-0.2, 0) is 73.9 Å². The van der Waals surface area contributed by atoms with E-state index in [4.69, 9.17) is 35.2 Å². The lowest BCUT2D eigenvalue weighted by molar-refractivity contribution is -0.870. The van der Waals surface area contributed by atoms with Crippen LogP contribution in [0.5, 0.6) is 0 Å². The Morgan fingerprint density at radius 2 is 1.48 bits per heavy atom. The summed E-state index contributed by atoms with van der Waals surface area (Å²) in [6.45, 7) is 13.8. The van der Waals surface area contributed by atoms with Gasteiger partial charge in [-0.2, -0.15) is 18.3 Å². The third-order valence-corrected chi connectivity index (χ3v) is 23.8. The van der Waals surface area contributed by atoms with Crippen molar-refractivity contribution in [1.29, 1.82) is 0 Å². The van der Waals surface area contributed by atoms with Crippen LogP contribution in [0.25, 0.3) is 21.3 Å². The lowest BCUT2D eigenvalue weighted by Gasteiger charge is -2.69. The second kappa shape index (κ2) is 37.9. The van der Waals surface area contributed by atoms with Gasteiger partial charge in [0.05, 0.1) is 62.7 Å². The molecule has 8 amide bonds. The van der Waals surface area contributed by atoms with Crippen LogP contribution in [0.1, 0.15) is 180 Å². The van der Waals surface area contributed by atoms with Crippen molar-refractivity contribution < 1.29 is 90.1 Å². The van der Waals surface area contributed by atoms with Crippen LogP contribution in [0.3, 0.4) is 0 Å². The number of ether oxygens (including phenoxy) is 2. The summed E-state index contributed by atoms with van der Waals surface area (Å²) in [6.07, 6.45) is 9.67. The van der Waals surface area contributed by atoms with Gasteiger partial charge in [-0.3, -0.25) is 53.3 Å². The number of pyridine rings is 1. The summed E-state index contributed by atoms with van der Waals surface area (Å²) in [5.41, 5.74) is 10.9. The lowest BCUT2D eigenvalue weighted by Crippen LogP contribution is -2.64. The van der Waals surface area contributed by atoms with E-state index in [1.165, 1.54) is 23.5 Å². The first-order valence-corrected chi connectivity index (χ1v) is 40.8. The van der Waals surface area contributed by atoms with E-state index in [9.17, 15) is 66.2 Å². The number of amides is 8. The number of primary amides is 1. The summed E-state index contributed by atoms with van der Waals surface area (Å²) >= 11 is 1.42. The Balaban J connectivity index is 0.00000197. The molecule has 0 radical (unpaired) electrons. The predicted molar refractivity (Wildman–Crippen MR) is 433 cm³/mol. The number of anilines is 3. The number of hydrogen-bond acceptors (Lipinski definition) is 18. The van der Waals surface area contributed by atoms with E-state index in [1.807, 2.05) is 85.0 Å². The van der Waals surface area contributed by atoms with Crippen LogP contribution in [-0.4, -0.2) is 195 Å². The number of halogens is 3. The van der Waals surface area contributed by atoms with Crippen LogP contribution in [0, 0.1) is 40.9 Å². The number of carboxylic acid groups (broad SMARTS) is 2. The summed E-state index contributed by atoms with van der Waals surface area (Å²) in [7, 11) is 8.14. The molecule has 0 saturated heterocycles. The smallest absolute Gasteiger partial charge is 0.476 e. The lowest BCUT2D eigenvalue weighted by atomic mass is 9.39. The average Bonchev–Trinajstić information content (AvgIpc) is 1.17. The van der Waals surface area contributed by atoms with Gasteiger partial charge in [0, 0.05) is 111 Å². The number of aromatic carboxylic acids is 1. The topological polar surface area (TPSA) is 374 Å². The highest BCUT2D eigenvalue weighted by Gasteiger charge is 2.66. The summed E-state index contributed by atoms with van der Waals surface area (Å²) in [5.74, 6) is -7.79. The molecule has 8 N–H and O–H groups in total. The Hall–Kier alpha value is -10.5. The zero-order valence-corrected chi connectivity index (χ0v) is 68.9. The van der Waals surface area contributed by atoms with Gasteiger partial charge >= 0.3 is 30.1 Å². The van der Waals surface area contributed by atoms with Gasteiger partial charge in [0.15, 0.2) is 10.8 Å². The maximum Gasteiger partial charge on any atom is 0.490 e. The number of carbonyl (C=O) groups excluding carboxylic acids is 9. The molecule has 4 bridgehead atoms. The van der Waals surface area contributed by atoms with E-state index in [1.54, 1.807) is 42.4 Å². The number of Topliss-reactive ketones (excluding diaryl/α,β-unsaturated/α-hetero) is 1. The zero-order valence-electron chi connectivity index (χ0n) is 68.0. The number of hydrogen-bond donors (Lipinski definition) is 7. The van der Waals surface area contributed by atoms with Crippen molar-refractivity contribution in [3.05, 3.63) is 131 Å². The number of rotatable bonds is 38. The van der Waals surface area contributed by atoms with E-state index in [-0.39, 0.29) is 103 Å². The summed E-state index contributed by atoms with van der Waals surface area (Å²) in [5, 5.41) is 34.7. The van der Waals surface area contributed by atoms with Crippen molar-refractivity contribution in [3.8, 4) is 11.1 Å². The number of imide groups is 1. The van der Waals surface area contributed by atoms with Gasteiger partial charge in [-0.15, -0.1) is 0 Å². The van der Waals surface area contributed by atoms with Gasteiger partial charge in [0.1, 0.15) is 24.2 Å². The minimum absolute atomic E-state index is 0.00971. The molecule has 6 aromatic rings. The number of para-hydroxylation sites is 1. The Morgan fingerprint density at radius 1 is 0.778 bits per heavy atom. The predicted octanol–water partition coefficient (Wildman–Crippen LogP) is 11.8. The number of unbranched alkanes of at least 4 members (excludes halogenated alkanes) is 3. The molecule has 4 saturated carbocycles. The maximum absolute atomic E-state index is 14.6. The van der Waals surface area contributed by atoms with Crippen molar-refractivity contribution in [2.45, 2.75) is 188 Å². The van der Waals surface area contributed by atoms with Crippen LogP contribution in [0.15, 0.2) is 97.2 Å². The van der Waals surface area contributed by atoms with Gasteiger partial charge in [-0.25, -0.2) is 24.4 Å². The highest BCUT2D eigenvalue weighted by Crippen LogP contribution is 2.72. The fourth-order valence-corrected chi connectivity index (χ4v) is 19.2. The van der Waals surface area contributed by atoms with Gasteiger partial charge in [-0.1, -0.05) is 81.9 Å². The van der Waals surface area contributed by atoms with Crippen LogP contribution in [0.2, 0.25) is 0 Å². The number of aromatic nitrogens is 4. The molecular weight excluding hydrogens is 1530 g/mol. The molecule has 2 unspecified atom stereocenters. The molecule has 2 aliphatic heterocycles. The average molecular weight is 1640 g/mol. The van der Waals surface area contributed by atoms with Crippen LogP contribution in [0.4, 0.5) is 34.6 Å². The highest BCUT2D eigenvalue weighted by molar-refractivity contribution is 7.22. The Labute approximate surface area is 682 Å². The number of likely N-dealkylation sites (N-methyl/N-ethyl adjacent to an activating group) is 1. The molecule has 3 aromatic heterocycles. The largest absolute Gasteiger partial charge is 0.490 e. The normalized spacial score (nSPS) is 20.1. The number of esters is 1. The number of fused-ring (bicyclic) bond motifs is 2. The SMILES string of the molecule is Cc1c(-c2ccc(N3CCc4cccc(C(=O)Nc5nc6ccccc6s5)c4C3)nc2C(=O)O)cnn1CC12CC3(C)CC(C)(C1)CC(OCCN(C)C(=O)[C@H](CCCC[N+](C)(C)C)CC(=O)OCc1ccc(NC(=O)[C@H](CCCNC(N)=O)NC(=O)[C@@H](CC(=O)CCCCCN4C(=O)C=CC4=O)C(C)C)cc1)(C3)C2.O=C(O)C(F)(F)F. The molecule has 5 heterocycles. The number of thiazole rings is 1. The molecule has 32 heteroatoms. The Morgan fingerprint density at radius 3 is 2.14 bits per heavy atom. The number of nitrogens with one attached hydrogen (secondary N) is 4. The van der Waals surface area contributed by atoms with E-state index in [0.29, 0.717) is 110 Å². The monoisotopic (exact) mass is 1640 g/mol. The maximum atomic E-state index is 14.6. The van der Waals surface area contributed by atoms with Gasteiger partial charge < -0.3 is 55.7 Å². The van der Waals surface area contributed by atoms with Crippen molar-refractivity contribution in [2.75, 3.05) is 83.1 Å². The third-order valence-electron chi connectivity index (χ3n) is 22.9. The van der Waals surface area contributed by atoms with Crippen molar-refractivity contribution >= 4 is 103 Å². The molecule has 12 rings (SSSR count). The number of urea groups is 1. The molecule has 0 spiro atoms. The quantitative estimate of drug-likeness (QED) is 0.00819. The van der Waals surface area contributed by atoms with Crippen molar-refractivity contribution in [2.24, 2.45) is 39.7 Å². The van der Waals surface area contributed by atoms with Crippen LogP contribution < -0.4 is 31.9 Å². The molecule has 117 heavy (non-hydrogen) atoms. The number of alkyl halides is 3. The van der Waals surface area contributed by atoms with Gasteiger partial charge in [0.25, 0.3) is 17.7 Å². The second-order valence-electron chi connectivity index (χ2n) is 34.3. The fraction of sp³-hybridized carbons (Fsp3) is 0.529. The summed E-state index contributed by atoms with van der Waals surface area (Å²) < 4.78 is 48.5. The zero-order chi connectivity index (χ0) is 85.0. The minimum Gasteiger partial charge on any atom is -0.476 e. The van der Waals surface area contributed by atoms with E-state index in [2.05, 4.69) is 61.2 Å². The second-order valence-corrected chi connectivity index (χ2v) is 35.4. The summed E-state index contributed by atoms with van der Waals surface area (Å²) in [4.78, 5) is 155. The number of quaternary nitrogens is 1. The molecule has 28 nitrogen and oxygen atoms in total. The van der Waals surface area contributed by atoms with Crippen molar-refractivity contribution in [3.63, 3.8) is 0 Å². The minimum atomic E-state index is -5.08. The van der Waals surface area contributed by atoms with Gasteiger partial charge in [0.2, 0.25) is 17.7 Å². The number of aliphatic carboxylic acids is 1.